The van der Waals surface area contributed by atoms with Gasteiger partial charge in [0.25, 0.3) is 0 Å². The number of carbonyl (C=O) groups excluding carboxylic acids is 1. The summed E-state index contributed by atoms with van der Waals surface area (Å²) in [6, 6.07) is 8.55. The van der Waals surface area contributed by atoms with E-state index in [2.05, 4.69) is 63.2 Å². The third-order valence-electron chi connectivity index (χ3n) is 10.0. The molecule has 1 aromatic rings. The number of nitrogens with zero attached hydrogens (tertiary/aromatic N) is 1. The van der Waals surface area contributed by atoms with Crippen LogP contribution in [-0.4, -0.2) is 31.1 Å². The van der Waals surface area contributed by atoms with E-state index in [0.717, 1.165) is 49.2 Å². The first-order valence-electron chi connectivity index (χ1n) is 12.4. The highest BCUT2D eigenvalue weighted by Crippen LogP contribution is 2.66. The van der Waals surface area contributed by atoms with Gasteiger partial charge in [0.2, 0.25) is 0 Å². The van der Waals surface area contributed by atoms with Crippen molar-refractivity contribution in [3.8, 4) is 0 Å². The lowest BCUT2D eigenvalue weighted by atomic mass is 9.45. The van der Waals surface area contributed by atoms with Crippen molar-refractivity contribution in [1.29, 1.82) is 0 Å². The summed E-state index contributed by atoms with van der Waals surface area (Å²) in [5, 5.41) is 10.3. The smallest absolute Gasteiger partial charge is 0.165 e. The largest absolute Gasteiger partial charge is 0.393 e. The zero-order valence-electron chi connectivity index (χ0n) is 19.7. The number of carbonyl (C=O) groups is 1. The molecule has 7 atom stereocenters. The molecule has 1 N–H and O–H groups in total. The highest BCUT2D eigenvalue weighted by atomic mass is 16.3. The number of anilines is 1. The molecule has 1 aromatic carbocycles. The van der Waals surface area contributed by atoms with Crippen LogP contribution in [0.15, 0.2) is 29.8 Å². The van der Waals surface area contributed by atoms with Crippen molar-refractivity contribution >= 4 is 17.5 Å². The van der Waals surface area contributed by atoms with Gasteiger partial charge < -0.3 is 10.0 Å². The molecule has 31 heavy (non-hydrogen) atoms. The van der Waals surface area contributed by atoms with E-state index in [1.807, 2.05) is 0 Å². The van der Waals surface area contributed by atoms with Crippen LogP contribution in [0.1, 0.15) is 70.8 Å². The van der Waals surface area contributed by atoms with Gasteiger partial charge in [-0.05, 0) is 110 Å². The Bertz CT molecular complexity index is 887. The van der Waals surface area contributed by atoms with Crippen LogP contribution in [0, 0.1) is 34.5 Å². The Labute approximate surface area is 187 Å². The van der Waals surface area contributed by atoms with Crippen LogP contribution in [0.4, 0.5) is 5.69 Å². The zero-order chi connectivity index (χ0) is 22.0. The monoisotopic (exact) mass is 421 g/mol. The van der Waals surface area contributed by atoms with Gasteiger partial charge in [0, 0.05) is 25.2 Å². The zero-order valence-corrected chi connectivity index (χ0v) is 19.7. The molecule has 3 heteroatoms. The van der Waals surface area contributed by atoms with Crippen LogP contribution in [0.3, 0.4) is 0 Å². The molecule has 0 saturated heterocycles. The molecule has 0 aromatic heterocycles. The Morgan fingerprint density at radius 2 is 1.74 bits per heavy atom. The summed E-state index contributed by atoms with van der Waals surface area (Å²) in [6.07, 6.45) is 10.9. The number of hydrogen-bond donors (Lipinski definition) is 1. The molecule has 4 saturated carbocycles. The highest BCUT2D eigenvalue weighted by molar-refractivity contribution is 6.06. The molecular weight excluding hydrogens is 382 g/mol. The first-order valence-corrected chi connectivity index (χ1v) is 12.4. The lowest BCUT2D eigenvalue weighted by molar-refractivity contribution is -0.141. The van der Waals surface area contributed by atoms with E-state index < -0.39 is 0 Å². The number of hydrogen-bond acceptors (Lipinski definition) is 3. The van der Waals surface area contributed by atoms with Crippen molar-refractivity contribution in [3.63, 3.8) is 0 Å². The third kappa shape index (κ3) is 3.30. The molecule has 0 bridgehead atoms. The number of aliphatic hydroxyl groups is 1. The fourth-order valence-corrected chi connectivity index (χ4v) is 8.10. The maximum absolute atomic E-state index is 13.6. The number of fused-ring (bicyclic) bond motifs is 5. The SMILES string of the molecule is CN(C)c1ccc(/C=C2\C[C@H]3[C@@H]4CC[C@@H]5C[C@@H](O)CC[C@]5(C)[C@H]4CC[C@]3(C)C2=O)cc1. The number of aliphatic hydroxyl groups excluding tert-OH is 1. The number of benzene rings is 1. The van der Waals surface area contributed by atoms with Crippen LogP contribution >= 0.6 is 0 Å². The van der Waals surface area contributed by atoms with Crippen molar-refractivity contribution in [1.82, 2.24) is 0 Å². The van der Waals surface area contributed by atoms with E-state index in [9.17, 15) is 9.90 Å². The van der Waals surface area contributed by atoms with E-state index in [-0.39, 0.29) is 11.5 Å². The van der Waals surface area contributed by atoms with E-state index in [1.165, 1.54) is 24.9 Å². The van der Waals surface area contributed by atoms with Crippen molar-refractivity contribution in [2.75, 3.05) is 19.0 Å². The predicted molar refractivity (Wildman–Crippen MR) is 127 cm³/mol. The Balaban J connectivity index is 1.41. The van der Waals surface area contributed by atoms with E-state index in [4.69, 9.17) is 0 Å². The molecule has 0 aliphatic heterocycles. The average molecular weight is 422 g/mol. The molecule has 0 unspecified atom stereocenters. The van der Waals surface area contributed by atoms with Crippen molar-refractivity contribution in [2.24, 2.45) is 34.5 Å². The molecule has 0 spiro atoms. The summed E-state index contributed by atoms with van der Waals surface area (Å²) in [5.74, 6) is 2.98. The van der Waals surface area contributed by atoms with Gasteiger partial charge in [-0.3, -0.25) is 4.79 Å². The Kier molecular flexibility index (Phi) is 5.12. The van der Waals surface area contributed by atoms with E-state index in [0.29, 0.717) is 29.0 Å². The van der Waals surface area contributed by atoms with Crippen molar-refractivity contribution in [3.05, 3.63) is 35.4 Å². The summed E-state index contributed by atoms with van der Waals surface area (Å²) in [5.41, 5.74) is 3.57. The molecule has 4 fully saturated rings. The van der Waals surface area contributed by atoms with Gasteiger partial charge in [0.15, 0.2) is 5.78 Å². The van der Waals surface area contributed by atoms with Gasteiger partial charge in [0.05, 0.1) is 6.10 Å². The maximum atomic E-state index is 13.6. The summed E-state index contributed by atoms with van der Waals surface area (Å²) in [6.45, 7) is 4.79. The summed E-state index contributed by atoms with van der Waals surface area (Å²) in [7, 11) is 4.11. The predicted octanol–water partition coefficient (Wildman–Crippen LogP) is 5.72. The lowest BCUT2D eigenvalue weighted by Gasteiger charge is -2.59. The Morgan fingerprint density at radius 3 is 2.45 bits per heavy atom. The highest BCUT2D eigenvalue weighted by Gasteiger charge is 2.61. The quantitative estimate of drug-likeness (QED) is 0.621. The van der Waals surface area contributed by atoms with Gasteiger partial charge >= 0.3 is 0 Å². The van der Waals surface area contributed by atoms with Gasteiger partial charge in [-0.15, -0.1) is 0 Å². The minimum absolute atomic E-state index is 0.0926. The van der Waals surface area contributed by atoms with Gasteiger partial charge in [0.1, 0.15) is 0 Å². The second kappa shape index (κ2) is 7.47. The first-order chi connectivity index (χ1) is 14.7. The molecule has 3 nitrogen and oxygen atoms in total. The normalized spacial score (nSPS) is 43.3. The maximum Gasteiger partial charge on any atom is 0.165 e. The first kappa shape index (κ1) is 21.2. The molecule has 0 radical (unpaired) electrons. The topological polar surface area (TPSA) is 40.5 Å². The molecule has 5 rings (SSSR count). The van der Waals surface area contributed by atoms with Crippen LogP contribution in [-0.2, 0) is 4.79 Å². The van der Waals surface area contributed by atoms with Crippen molar-refractivity contribution < 1.29 is 9.90 Å². The molecular formula is C28H39NO2. The van der Waals surface area contributed by atoms with Gasteiger partial charge in [-0.25, -0.2) is 0 Å². The van der Waals surface area contributed by atoms with Gasteiger partial charge in [-0.1, -0.05) is 26.0 Å². The summed E-state index contributed by atoms with van der Waals surface area (Å²) >= 11 is 0. The van der Waals surface area contributed by atoms with E-state index >= 15 is 0 Å². The summed E-state index contributed by atoms with van der Waals surface area (Å²) in [4.78, 5) is 15.7. The minimum atomic E-state index is -0.173. The standard InChI is InChI=1S/C28H39NO2/c1-27-13-11-22(30)17-20(27)7-10-23-24(27)12-14-28(2)25(23)16-19(26(28)31)15-18-5-8-21(9-6-18)29(3)4/h5-6,8-9,15,20,22-25,30H,7,10-14,16-17H2,1-4H3/b19-15+/t20-,22+,23-,24+,25+,27+,28+/m1/s1. The molecule has 0 heterocycles. The second-order valence-electron chi connectivity index (χ2n) is 11.7. The fraction of sp³-hybridized carbons (Fsp3) is 0.679. The van der Waals surface area contributed by atoms with Crippen LogP contribution in [0.5, 0.6) is 0 Å². The van der Waals surface area contributed by atoms with Crippen LogP contribution < -0.4 is 4.90 Å². The number of allylic oxidation sites excluding steroid dienone is 1. The molecule has 0 amide bonds. The van der Waals surface area contributed by atoms with Crippen molar-refractivity contribution in [2.45, 2.75) is 71.3 Å². The number of ketones is 1. The Morgan fingerprint density at radius 1 is 1.00 bits per heavy atom. The third-order valence-corrected chi connectivity index (χ3v) is 10.0. The number of Topliss-reactive ketones (excluding diaryl/α,β-unsaturated/α-hetero) is 1. The minimum Gasteiger partial charge on any atom is -0.393 e. The summed E-state index contributed by atoms with van der Waals surface area (Å²) < 4.78 is 0. The van der Waals surface area contributed by atoms with Gasteiger partial charge in [-0.2, -0.15) is 0 Å². The second-order valence-corrected chi connectivity index (χ2v) is 11.7. The average Bonchev–Trinajstić information content (AvgIpc) is 2.99. The lowest BCUT2D eigenvalue weighted by Crippen LogP contribution is -2.54. The molecule has 4 aliphatic rings. The molecule has 168 valence electrons. The fourth-order valence-electron chi connectivity index (χ4n) is 8.10. The van der Waals surface area contributed by atoms with Crippen LogP contribution in [0.25, 0.3) is 6.08 Å². The number of rotatable bonds is 2. The molecule has 4 aliphatic carbocycles. The van der Waals surface area contributed by atoms with Crippen LogP contribution in [0.2, 0.25) is 0 Å². The Hall–Kier alpha value is -1.61. The van der Waals surface area contributed by atoms with E-state index in [1.54, 1.807) is 0 Å².